The van der Waals surface area contributed by atoms with Crippen LogP contribution in [0.2, 0.25) is 0 Å². The molecule has 1 saturated heterocycles. The molecule has 0 bridgehead atoms. The van der Waals surface area contributed by atoms with Crippen molar-refractivity contribution in [1.29, 1.82) is 0 Å². The summed E-state index contributed by atoms with van der Waals surface area (Å²) in [7, 11) is 4.31. The van der Waals surface area contributed by atoms with Crippen LogP contribution in [0.15, 0.2) is 18.5 Å². The molecule has 0 saturated carbocycles. The van der Waals surface area contributed by atoms with E-state index in [0.717, 1.165) is 61.9 Å². The molecule has 9 nitrogen and oxygen atoms in total. The Balaban J connectivity index is 1.48. The number of imidazole rings is 1. The Morgan fingerprint density at radius 2 is 1.94 bits per heavy atom. The molecule has 190 valence electrons. The van der Waals surface area contributed by atoms with Gasteiger partial charge in [0.05, 0.1) is 11.9 Å². The summed E-state index contributed by atoms with van der Waals surface area (Å²) in [4.78, 5) is 18.4. The molecule has 3 aromatic heterocycles. The Kier molecular flexibility index (Phi) is 8.05. The average molecular weight is 481 g/mol. The Morgan fingerprint density at radius 1 is 1.17 bits per heavy atom. The van der Waals surface area contributed by atoms with E-state index in [1.165, 1.54) is 18.4 Å². The third-order valence-corrected chi connectivity index (χ3v) is 6.81. The van der Waals surface area contributed by atoms with E-state index in [-0.39, 0.29) is 6.10 Å². The zero-order valence-corrected chi connectivity index (χ0v) is 21.9. The van der Waals surface area contributed by atoms with Gasteiger partial charge in [-0.1, -0.05) is 26.3 Å². The van der Waals surface area contributed by atoms with E-state index in [9.17, 15) is 0 Å². The van der Waals surface area contributed by atoms with Crippen LogP contribution < -0.4 is 15.4 Å². The minimum Gasteiger partial charge on any atom is -0.459 e. The molecular formula is C26H40N8O. The van der Waals surface area contributed by atoms with Crippen LogP contribution in [0, 0.1) is 12.8 Å². The second kappa shape index (κ2) is 11.2. The number of nitrogens with zero attached hydrogens (tertiary/aromatic N) is 7. The molecule has 4 rings (SSSR count). The molecule has 0 aliphatic carbocycles. The van der Waals surface area contributed by atoms with Gasteiger partial charge in [0.25, 0.3) is 0 Å². The summed E-state index contributed by atoms with van der Waals surface area (Å²) in [6, 6.07) is 2.53. The SMILES string of the molecule is CCCC(CC)Oc1nc(N)c2ncc(Cc3cnc(N4CCC(CN(C)C)CC4)c(C)c3)n2n1. The van der Waals surface area contributed by atoms with E-state index in [1.54, 1.807) is 4.52 Å². The first-order valence-corrected chi connectivity index (χ1v) is 12.9. The predicted molar refractivity (Wildman–Crippen MR) is 140 cm³/mol. The van der Waals surface area contributed by atoms with Crippen LogP contribution in [-0.4, -0.2) is 69.3 Å². The van der Waals surface area contributed by atoms with Crippen LogP contribution in [0.1, 0.15) is 62.8 Å². The molecule has 0 spiro atoms. The summed E-state index contributed by atoms with van der Waals surface area (Å²) in [5, 5.41) is 4.61. The maximum atomic E-state index is 6.18. The number of fused-ring (bicyclic) bond motifs is 1. The van der Waals surface area contributed by atoms with Crippen molar-refractivity contribution in [2.24, 2.45) is 5.92 Å². The number of ether oxygens (including phenoxy) is 1. The molecule has 1 fully saturated rings. The highest BCUT2D eigenvalue weighted by molar-refractivity contribution is 5.60. The lowest BCUT2D eigenvalue weighted by Gasteiger charge is -2.34. The van der Waals surface area contributed by atoms with Crippen molar-refractivity contribution >= 4 is 17.3 Å². The van der Waals surface area contributed by atoms with Gasteiger partial charge >= 0.3 is 6.01 Å². The lowest BCUT2D eigenvalue weighted by molar-refractivity contribution is 0.167. The van der Waals surface area contributed by atoms with Gasteiger partial charge in [0.1, 0.15) is 11.9 Å². The Labute approximate surface area is 208 Å². The van der Waals surface area contributed by atoms with Crippen LogP contribution in [0.4, 0.5) is 11.6 Å². The number of aromatic nitrogens is 5. The number of pyridine rings is 1. The van der Waals surface area contributed by atoms with E-state index in [0.29, 0.717) is 23.9 Å². The predicted octanol–water partition coefficient (Wildman–Crippen LogP) is 3.74. The number of anilines is 2. The molecule has 4 heterocycles. The van der Waals surface area contributed by atoms with Gasteiger partial charge in [-0.25, -0.2) is 14.5 Å². The lowest BCUT2D eigenvalue weighted by atomic mass is 9.96. The first-order valence-electron chi connectivity index (χ1n) is 12.9. The number of nitrogen functional groups attached to an aromatic ring is 1. The summed E-state index contributed by atoms with van der Waals surface area (Å²) >= 11 is 0. The number of hydrogen-bond acceptors (Lipinski definition) is 8. The number of aryl methyl sites for hydroxylation is 1. The van der Waals surface area contributed by atoms with E-state index < -0.39 is 0 Å². The highest BCUT2D eigenvalue weighted by Crippen LogP contribution is 2.26. The molecule has 0 aromatic carbocycles. The van der Waals surface area contributed by atoms with Gasteiger partial charge < -0.3 is 20.3 Å². The van der Waals surface area contributed by atoms with Crippen molar-refractivity contribution in [3.63, 3.8) is 0 Å². The lowest BCUT2D eigenvalue weighted by Crippen LogP contribution is -2.37. The van der Waals surface area contributed by atoms with E-state index in [1.807, 2.05) is 12.4 Å². The maximum Gasteiger partial charge on any atom is 0.336 e. The Bertz CT molecular complexity index is 1120. The van der Waals surface area contributed by atoms with Gasteiger partial charge in [0, 0.05) is 32.3 Å². The summed E-state index contributed by atoms with van der Waals surface area (Å²) < 4.78 is 7.79. The van der Waals surface area contributed by atoms with Crippen LogP contribution in [0.5, 0.6) is 6.01 Å². The van der Waals surface area contributed by atoms with Crippen molar-refractivity contribution in [1.82, 2.24) is 29.5 Å². The number of nitrogens with two attached hydrogens (primary N) is 1. The molecule has 3 aromatic rings. The van der Waals surface area contributed by atoms with Gasteiger partial charge in [0.2, 0.25) is 0 Å². The fourth-order valence-electron chi connectivity index (χ4n) is 5.02. The minimum atomic E-state index is 0.0798. The van der Waals surface area contributed by atoms with Gasteiger partial charge in [0.15, 0.2) is 11.5 Å². The Hall–Kier alpha value is -2.94. The molecule has 2 N–H and O–H groups in total. The molecule has 1 atom stereocenters. The second-order valence-corrected chi connectivity index (χ2v) is 10.1. The van der Waals surface area contributed by atoms with E-state index >= 15 is 0 Å². The summed E-state index contributed by atoms with van der Waals surface area (Å²) in [6.07, 6.45) is 9.85. The molecule has 1 aliphatic heterocycles. The molecular weight excluding hydrogens is 440 g/mol. The molecule has 35 heavy (non-hydrogen) atoms. The third-order valence-electron chi connectivity index (χ3n) is 6.81. The highest BCUT2D eigenvalue weighted by Gasteiger charge is 2.22. The van der Waals surface area contributed by atoms with Crippen LogP contribution in [0.3, 0.4) is 0 Å². The molecule has 1 aliphatic rings. The summed E-state index contributed by atoms with van der Waals surface area (Å²) in [5.74, 6) is 2.20. The fraction of sp³-hybridized carbons (Fsp3) is 0.615. The monoisotopic (exact) mass is 480 g/mol. The maximum absolute atomic E-state index is 6.18. The van der Waals surface area contributed by atoms with E-state index in [4.69, 9.17) is 15.5 Å². The highest BCUT2D eigenvalue weighted by atomic mass is 16.5. The second-order valence-electron chi connectivity index (χ2n) is 10.1. The van der Waals surface area contributed by atoms with Crippen LogP contribution in [0.25, 0.3) is 5.65 Å². The Morgan fingerprint density at radius 3 is 2.60 bits per heavy atom. The number of rotatable bonds is 10. The quantitative estimate of drug-likeness (QED) is 0.469. The molecule has 1 unspecified atom stereocenters. The minimum absolute atomic E-state index is 0.0798. The van der Waals surface area contributed by atoms with Crippen molar-refractivity contribution in [2.75, 3.05) is 44.4 Å². The number of piperidine rings is 1. The first-order chi connectivity index (χ1) is 16.9. The first kappa shape index (κ1) is 25.2. The van der Waals surface area contributed by atoms with Gasteiger partial charge in [-0.3, -0.25) is 0 Å². The van der Waals surface area contributed by atoms with Crippen molar-refractivity contribution in [3.8, 4) is 6.01 Å². The summed E-state index contributed by atoms with van der Waals surface area (Å²) in [6.45, 7) is 9.69. The molecule has 9 heteroatoms. The van der Waals surface area contributed by atoms with Gasteiger partial charge in [-0.2, -0.15) is 4.98 Å². The fourth-order valence-corrected chi connectivity index (χ4v) is 5.02. The standard InChI is InChI=1S/C26H40N8O/c1-6-8-22(7-2)35-26-30-23(27)25-29-16-21(34(25)31-26)14-20-13-18(3)24(28-15-20)33-11-9-19(10-12-33)17-32(4)5/h13,15-16,19,22H,6-12,14,17H2,1-5H3,(H2,27,30,31). The molecule has 0 amide bonds. The third kappa shape index (κ3) is 6.01. The smallest absolute Gasteiger partial charge is 0.336 e. The van der Waals surface area contributed by atoms with E-state index in [2.05, 4.69) is 65.8 Å². The van der Waals surface area contributed by atoms with Crippen molar-refractivity contribution < 1.29 is 4.74 Å². The van der Waals surface area contributed by atoms with Crippen LogP contribution >= 0.6 is 0 Å². The zero-order chi connectivity index (χ0) is 24.9. The topological polar surface area (TPSA) is 97.7 Å². The van der Waals surface area contributed by atoms with Gasteiger partial charge in [-0.15, -0.1) is 5.10 Å². The average Bonchev–Trinajstić information content (AvgIpc) is 3.22. The molecule has 0 radical (unpaired) electrons. The normalized spacial score (nSPS) is 15.8. The van der Waals surface area contributed by atoms with Gasteiger partial charge in [-0.05, 0) is 63.7 Å². The largest absolute Gasteiger partial charge is 0.459 e. The zero-order valence-electron chi connectivity index (χ0n) is 21.9. The summed E-state index contributed by atoms with van der Waals surface area (Å²) in [5.41, 5.74) is 9.99. The number of hydrogen-bond donors (Lipinski definition) is 1. The van der Waals surface area contributed by atoms with Crippen LogP contribution in [-0.2, 0) is 6.42 Å². The van der Waals surface area contributed by atoms with Crippen molar-refractivity contribution in [2.45, 2.75) is 65.4 Å². The van der Waals surface area contributed by atoms with Crippen molar-refractivity contribution in [3.05, 3.63) is 35.3 Å².